The molecule has 0 saturated heterocycles. The maximum atomic E-state index is 11.2. The second kappa shape index (κ2) is 5.45. The Morgan fingerprint density at radius 3 is 1.78 bits per heavy atom. The molecule has 0 saturated carbocycles. The minimum absolute atomic E-state index is 0. The zero-order valence-electron chi connectivity index (χ0n) is 4.76. The molecular formula is C5H12F3In. The molecule has 9 heavy (non-hydrogen) atoms. The minimum atomic E-state index is -3.95. The van der Waals surface area contributed by atoms with Crippen molar-refractivity contribution in [1.82, 2.24) is 0 Å². The molecule has 0 nitrogen and oxygen atoms in total. The maximum absolute atomic E-state index is 11.2. The van der Waals surface area contributed by atoms with E-state index in [0.29, 0.717) is 6.42 Å². The van der Waals surface area contributed by atoms with Gasteiger partial charge >= 0.3 is 32.0 Å². The molecule has 0 N–H and O–H groups in total. The van der Waals surface area contributed by atoms with Gasteiger partial charge in [0.15, 0.2) is 0 Å². The number of hydrogen-bond acceptors (Lipinski definition) is 0. The van der Waals surface area contributed by atoms with Crippen LogP contribution in [0.25, 0.3) is 0 Å². The molecule has 0 amide bonds. The monoisotopic (exact) mass is 244 g/mol. The van der Waals surface area contributed by atoms with Crippen molar-refractivity contribution in [3.8, 4) is 0 Å². The second-order valence-corrected chi connectivity index (χ2v) is 1.72. The van der Waals surface area contributed by atoms with Crippen molar-refractivity contribution < 1.29 is 13.2 Å². The summed E-state index contributed by atoms with van der Waals surface area (Å²) in [6.07, 6.45) is -3.72. The molecule has 4 heteroatoms. The zero-order chi connectivity index (χ0) is 6.62. The topological polar surface area (TPSA) is 0 Å². The van der Waals surface area contributed by atoms with Gasteiger partial charge in [0.05, 0.1) is 0 Å². The third-order valence-electron chi connectivity index (χ3n) is 0.814. The van der Waals surface area contributed by atoms with Crippen LogP contribution in [0.1, 0.15) is 26.2 Å². The summed E-state index contributed by atoms with van der Waals surface area (Å²) >= 11 is 0. The van der Waals surface area contributed by atoms with Crippen LogP contribution >= 0.6 is 0 Å². The Bertz CT molecular complexity index is 59.7. The van der Waals surface area contributed by atoms with Crippen LogP contribution in [0.3, 0.4) is 0 Å². The van der Waals surface area contributed by atoms with Gasteiger partial charge in [-0.15, -0.1) is 0 Å². The fourth-order valence-corrected chi connectivity index (χ4v) is 0.377. The number of rotatable bonds is 2. The van der Waals surface area contributed by atoms with Crippen LogP contribution in [0.15, 0.2) is 0 Å². The molecular weight excluding hydrogens is 232 g/mol. The molecule has 0 radical (unpaired) electrons. The average Bonchev–Trinajstić information content (AvgIpc) is 1.59. The fourth-order valence-electron chi connectivity index (χ4n) is 0.377. The Balaban J connectivity index is 0. The summed E-state index contributed by atoms with van der Waals surface area (Å²) in [6, 6.07) is 0. The molecule has 0 bridgehead atoms. The first-order chi connectivity index (χ1) is 3.56. The summed E-state index contributed by atoms with van der Waals surface area (Å²) in [5.74, 6) is 0. The zero-order valence-corrected chi connectivity index (χ0v) is 4.76. The Morgan fingerprint density at radius 2 is 1.67 bits per heavy atom. The van der Waals surface area contributed by atoms with E-state index in [1.54, 1.807) is 6.92 Å². The third kappa shape index (κ3) is 12.0. The molecule has 0 aromatic rings. The Morgan fingerprint density at radius 1 is 1.22 bits per heavy atom. The standard InChI is InChI=1S/C5H9F3.In.3H/c1-2-3-4-5(6,7)8;;;;/h2-4H2,1H3;;;;. The van der Waals surface area contributed by atoms with E-state index in [1.165, 1.54) is 0 Å². The van der Waals surface area contributed by atoms with Crippen molar-refractivity contribution in [2.75, 3.05) is 0 Å². The molecule has 0 aliphatic rings. The first-order valence-electron chi connectivity index (χ1n) is 2.63. The van der Waals surface area contributed by atoms with Crippen LogP contribution in [0, 0.1) is 0 Å². The van der Waals surface area contributed by atoms with E-state index in [9.17, 15) is 13.2 Å². The van der Waals surface area contributed by atoms with Crippen molar-refractivity contribution in [1.29, 1.82) is 0 Å². The summed E-state index contributed by atoms with van der Waals surface area (Å²) in [5, 5.41) is 0. The molecule has 0 spiro atoms. The van der Waals surface area contributed by atoms with Gasteiger partial charge in [-0.25, -0.2) is 0 Å². The first kappa shape index (κ1) is 12.3. The first-order valence-corrected chi connectivity index (χ1v) is 2.63. The van der Waals surface area contributed by atoms with Crippen LogP contribution in [0.5, 0.6) is 0 Å². The van der Waals surface area contributed by atoms with E-state index in [0.717, 1.165) is 0 Å². The molecule has 0 aliphatic heterocycles. The molecule has 0 rings (SSSR count). The van der Waals surface area contributed by atoms with E-state index >= 15 is 0 Å². The van der Waals surface area contributed by atoms with E-state index in [1.807, 2.05) is 0 Å². The Hall–Kier alpha value is 0.660. The predicted octanol–water partition coefficient (Wildman–Crippen LogP) is 1.56. The van der Waals surface area contributed by atoms with Crippen molar-refractivity contribution in [2.24, 2.45) is 0 Å². The molecule has 56 valence electrons. The summed E-state index contributed by atoms with van der Waals surface area (Å²) in [6.45, 7) is 1.74. The third-order valence-corrected chi connectivity index (χ3v) is 0.814. The quantitative estimate of drug-likeness (QED) is 0.691. The predicted molar refractivity (Wildman–Crippen MR) is 35.5 cm³/mol. The second-order valence-electron chi connectivity index (χ2n) is 1.72. The van der Waals surface area contributed by atoms with Crippen LogP contribution in [-0.4, -0.2) is 32.0 Å². The van der Waals surface area contributed by atoms with Crippen LogP contribution in [0.4, 0.5) is 13.2 Å². The van der Waals surface area contributed by atoms with E-state index < -0.39 is 12.6 Å². The van der Waals surface area contributed by atoms with Crippen LogP contribution < -0.4 is 0 Å². The molecule has 0 atom stereocenters. The molecule has 0 aromatic carbocycles. The summed E-state index contributed by atoms with van der Waals surface area (Å²) in [7, 11) is 0. The van der Waals surface area contributed by atoms with E-state index in [-0.39, 0.29) is 32.3 Å². The number of hydrogen-bond donors (Lipinski definition) is 0. The van der Waals surface area contributed by atoms with Gasteiger partial charge in [-0.2, -0.15) is 13.2 Å². The molecule has 0 fully saturated rings. The molecule has 0 heterocycles. The number of unbranched alkanes of at least 4 members (excludes halogenated alkanes) is 1. The molecule has 0 unspecified atom stereocenters. The summed E-state index contributed by atoms with van der Waals surface area (Å²) in [4.78, 5) is 0. The van der Waals surface area contributed by atoms with Crippen molar-refractivity contribution in [2.45, 2.75) is 32.4 Å². The number of halogens is 3. The summed E-state index contributed by atoms with van der Waals surface area (Å²) in [5.41, 5.74) is 0. The van der Waals surface area contributed by atoms with Crippen LogP contribution in [-0.2, 0) is 0 Å². The van der Waals surface area contributed by atoms with E-state index in [4.69, 9.17) is 0 Å². The normalized spacial score (nSPS) is 10.7. The van der Waals surface area contributed by atoms with E-state index in [2.05, 4.69) is 0 Å². The fraction of sp³-hybridized carbons (Fsp3) is 1.00. The SMILES string of the molecule is CCCCC(F)(F)F.[InH3]. The van der Waals surface area contributed by atoms with Gasteiger partial charge in [0, 0.05) is 6.42 Å². The number of alkyl halides is 3. The van der Waals surface area contributed by atoms with Crippen molar-refractivity contribution in [3.63, 3.8) is 0 Å². The van der Waals surface area contributed by atoms with Gasteiger partial charge < -0.3 is 0 Å². The summed E-state index contributed by atoms with van der Waals surface area (Å²) < 4.78 is 33.7. The van der Waals surface area contributed by atoms with Gasteiger partial charge in [0.1, 0.15) is 0 Å². The van der Waals surface area contributed by atoms with Gasteiger partial charge in [0.2, 0.25) is 0 Å². The molecule has 0 aromatic heterocycles. The Labute approximate surface area is 71.6 Å². The molecule has 0 aliphatic carbocycles. The van der Waals surface area contributed by atoms with Crippen molar-refractivity contribution in [3.05, 3.63) is 0 Å². The average molecular weight is 244 g/mol. The van der Waals surface area contributed by atoms with Gasteiger partial charge in [0.25, 0.3) is 0 Å². The van der Waals surface area contributed by atoms with Crippen molar-refractivity contribution >= 4 is 25.8 Å². The van der Waals surface area contributed by atoms with Gasteiger partial charge in [-0.1, -0.05) is 13.3 Å². The van der Waals surface area contributed by atoms with Gasteiger partial charge in [-0.05, 0) is 6.42 Å². The van der Waals surface area contributed by atoms with Crippen LogP contribution in [0.2, 0.25) is 0 Å². The van der Waals surface area contributed by atoms with Gasteiger partial charge in [-0.3, -0.25) is 0 Å². The Kier molecular flexibility index (Phi) is 7.47.